The van der Waals surface area contributed by atoms with Gasteiger partial charge < -0.3 is 10.6 Å². The minimum Gasteiger partial charge on any atom is -0.349 e. The number of thiophene rings is 1. The van der Waals surface area contributed by atoms with Gasteiger partial charge in [-0.3, -0.25) is 14.5 Å². The van der Waals surface area contributed by atoms with Gasteiger partial charge in [0.05, 0.1) is 4.88 Å². The van der Waals surface area contributed by atoms with E-state index in [9.17, 15) is 9.59 Å². The molecular formula is C24H25N3O2S. The van der Waals surface area contributed by atoms with Gasteiger partial charge in [0.25, 0.3) is 11.8 Å². The van der Waals surface area contributed by atoms with E-state index in [1.807, 2.05) is 17.5 Å². The Morgan fingerprint density at radius 3 is 2.30 bits per heavy atom. The van der Waals surface area contributed by atoms with E-state index < -0.39 is 0 Å². The van der Waals surface area contributed by atoms with Gasteiger partial charge in [0, 0.05) is 36.9 Å². The summed E-state index contributed by atoms with van der Waals surface area (Å²) in [6.07, 6.45) is 1.90. The highest BCUT2D eigenvalue weighted by Gasteiger charge is 2.21. The summed E-state index contributed by atoms with van der Waals surface area (Å²) < 4.78 is 0. The van der Waals surface area contributed by atoms with E-state index in [-0.39, 0.29) is 17.9 Å². The molecule has 3 aromatic rings. The van der Waals surface area contributed by atoms with Crippen LogP contribution in [-0.4, -0.2) is 35.8 Å². The van der Waals surface area contributed by atoms with E-state index in [2.05, 4.69) is 39.8 Å². The molecule has 0 aliphatic carbocycles. The van der Waals surface area contributed by atoms with Crippen LogP contribution in [0, 0.1) is 0 Å². The molecule has 5 nitrogen and oxygen atoms in total. The predicted octanol–water partition coefficient (Wildman–Crippen LogP) is 4.39. The molecule has 4 rings (SSSR count). The van der Waals surface area contributed by atoms with E-state index in [1.165, 1.54) is 16.9 Å². The number of hydrogen-bond acceptors (Lipinski definition) is 4. The lowest BCUT2D eigenvalue weighted by atomic mass is 10.0. The van der Waals surface area contributed by atoms with Crippen LogP contribution in [-0.2, 0) is 6.54 Å². The van der Waals surface area contributed by atoms with Crippen molar-refractivity contribution >= 4 is 28.8 Å². The molecule has 0 radical (unpaired) electrons. The fraction of sp³-hybridized carbons (Fsp3) is 0.250. The lowest BCUT2D eigenvalue weighted by Crippen LogP contribution is -2.44. The van der Waals surface area contributed by atoms with Gasteiger partial charge in [-0.15, -0.1) is 11.3 Å². The second-order valence-electron chi connectivity index (χ2n) is 7.52. The number of carbonyl (C=O) groups excluding carboxylic acids is 2. The van der Waals surface area contributed by atoms with Gasteiger partial charge in [0.1, 0.15) is 0 Å². The first-order valence-electron chi connectivity index (χ1n) is 10.2. The summed E-state index contributed by atoms with van der Waals surface area (Å²) in [6.45, 7) is 2.92. The first kappa shape index (κ1) is 20.3. The van der Waals surface area contributed by atoms with E-state index >= 15 is 0 Å². The molecule has 2 N–H and O–H groups in total. The van der Waals surface area contributed by atoms with Gasteiger partial charge in [-0.2, -0.15) is 0 Å². The molecule has 1 aromatic heterocycles. The van der Waals surface area contributed by atoms with Gasteiger partial charge in [-0.1, -0.05) is 36.4 Å². The summed E-state index contributed by atoms with van der Waals surface area (Å²) >= 11 is 1.40. The Morgan fingerprint density at radius 2 is 1.63 bits per heavy atom. The fourth-order valence-corrected chi connectivity index (χ4v) is 4.27. The molecule has 0 atom stereocenters. The number of carbonyl (C=O) groups is 2. The molecule has 6 heteroatoms. The maximum absolute atomic E-state index is 12.6. The average molecular weight is 420 g/mol. The second kappa shape index (κ2) is 9.69. The number of anilines is 1. The monoisotopic (exact) mass is 419 g/mol. The quantitative estimate of drug-likeness (QED) is 0.623. The molecular weight excluding hydrogens is 394 g/mol. The zero-order chi connectivity index (χ0) is 20.8. The Bertz CT molecular complexity index is 963. The zero-order valence-electron chi connectivity index (χ0n) is 16.7. The molecule has 2 amide bonds. The van der Waals surface area contributed by atoms with Crippen LogP contribution >= 0.6 is 11.3 Å². The molecule has 1 saturated heterocycles. The third-order valence-corrected chi connectivity index (χ3v) is 6.19. The summed E-state index contributed by atoms with van der Waals surface area (Å²) in [7, 11) is 0. The molecule has 1 fully saturated rings. The number of benzene rings is 2. The predicted molar refractivity (Wildman–Crippen MR) is 121 cm³/mol. The van der Waals surface area contributed by atoms with Gasteiger partial charge >= 0.3 is 0 Å². The Balaban J connectivity index is 1.24. The third-order valence-electron chi connectivity index (χ3n) is 5.32. The molecule has 1 aliphatic heterocycles. The Kier molecular flexibility index (Phi) is 6.57. The normalized spacial score (nSPS) is 14.9. The number of piperidine rings is 1. The number of nitrogens with zero attached hydrogens (tertiary/aromatic N) is 1. The molecule has 2 heterocycles. The van der Waals surface area contributed by atoms with Crippen LogP contribution < -0.4 is 10.6 Å². The molecule has 1 aliphatic rings. The lowest BCUT2D eigenvalue weighted by Gasteiger charge is -2.32. The van der Waals surface area contributed by atoms with Crippen LogP contribution in [0.4, 0.5) is 5.69 Å². The number of hydrogen-bond donors (Lipinski definition) is 2. The molecule has 30 heavy (non-hydrogen) atoms. The molecule has 0 bridgehead atoms. The van der Waals surface area contributed by atoms with Crippen LogP contribution in [0.15, 0.2) is 72.1 Å². The highest BCUT2D eigenvalue weighted by atomic mass is 32.1. The van der Waals surface area contributed by atoms with Crippen LogP contribution in [0.3, 0.4) is 0 Å². The van der Waals surface area contributed by atoms with Crippen LogP contribution in [0.1, 0.15) is 38.4 Å². The third kappa shape index (κ3) is 5.34. The number of nitrogens with one attached hydrogen (secondary N) is 2. The van der Waals surface area contributed by atoms with E-state index in [0.29, 0.717) is 16.1 Å². The van der Waals surface area contributed by atoms with Crippen molar-refractivity contribution in [3.63, 3.8) is 0 Å². The maximum Gasteiger partial charge on any atom is 0.265 e. The van der Waals surface area contributed by atoms with Crippen molar-refractivity contribution < 1.29 is 9.59 Å². The second-order valence-corrected chi connectivity index (χ2v) is 8.47. The Labute approximate surface area is 180 Å². The van der Waals surface area contributed by atoms with Crippen molar-refractivity contribution in [1.29, 1.82) is 0 Å². The number of likely N-dealkylation sites (tertiary alicyclic amines) is 1. The summed E-state index contributed by atoms with van der Waals surface area (Å²) in [6, 6.07) is 21.4. The number of amides is 2. The minimum atomic E-state index is -0.135. The van der Waals surface area contributed by atoms with Gasteiger partial charge in [-0.25, -0.2) is 0 Å². The summed E-state index contributed by atoms with van der Waals surface area (Å²) in [4.78, 5) is 27.8. The van der Waals surface area contributed by atoms with E-state index in [1.54, 1.807) is 30.3 Å². The molecule has 154 valence electrons. The van der Waals surface area contributed by atoms with Crippen molar-refractivity contribution in [2.24, 2.45) is 0 Å². The SMILES string of the molecule is O=C(NC1CCN(Cc2ccccc2)CC1)c1ccc(NC(=O)c2cccs2)cc1. The Hall–Kier alpha value is -2.96. The molecule has 0 spiro atoms. The minimum absolute atomic E-state index is 0.0624. The largest absolute Gasteiger partial charge is 0.349 e. The Morgan fingerprint density at radius 1 is 0.900 bits per heavy atom. The van der Waals surface area contributed by atoms with Crippen LogP contribution in [0.5, 0.6) is 0 Å². The number of rotatable bonds is 6. The molecule has 0 unspecified atom stereocenters. The van der Waals surface area contributed by atoms with Gasteiger partial charge in [-0.05, 0) is 54.1 Å². The van der Waals surface area contributed by atoms with Gasteiger partial charge in [0.2, 0.25) is 0 Å². The topological polar surface area (TPSA) is 61.4 Å². The highest BCUT2D eigenvalue weighted by Crippen LogP contribution is 2.16. The maximum atomic E-state index is 12.6. The fourth-order valence-electron chi connectivity index (χ4n) is 3.65. The van der Waals surface area contributed by atoms with Crippen LogP contribution in [0.25, 0.3) is 0 Å². The first-order valence-corrected chi connectivity index (χ1v) is 11.1. The molecule has 2 aromatic carbocycles. The highest BCUT2D eigenvalue weighted by molar-refractivity contribution is 7.12. The van der Waals surface area contributed by atoms with Crippen LogP contribution in [0.2, 0.25) is 0 Å². The van der Waals surface area contributed by atoms with Crippen molar-refractivity contribution in [2.45, 2.75) is 25.4 Å². The van der Waals surface area contributed by atoms with E-state index in [0.717, 1.165) is 32.5 Å². The zero-order valence-corrected chi connectivity index (χ0v) is 17.5. The smallest absolute Gasteiger partial charge is 0.265 e. The standard InChI is InChI=1S/C24H25N3O2S/c28-23(19-8-10-20(11-9-19)26-24(29)22-7-4-16-30-22)25-21-12-14-27(15-13-21)17-18-5-2-1-3-6-18/h1-11,16,21H,12-15,17H2,(H,25,28)(H,26,29). The van der Waals surface area contributed by atoms with Crippen molar-refractivity contribution in [3.8, 4) is 0 Å². The average Bonchev–Trinajstić information content (AvgIpc) is 3.32. The van der Waals surface area contributed by atoms with Crippen molar-refractivity contribution in [2.75, 3.05) is 18.4 Å². The first-order chi connectivity index (χ1) is 14.7. The summed E-state index contributed by atoms with van der Waals surface area (Å²) in [5.74, 6) is -0.197. The molecule has 0 saturated carbocycles. The van der Waals surface area contributed by atoms with E-state index in [4.69, 9.17) is 0 Å². The van der Waals surface area contributed by atoms with Gasteiger partial charge in [0.15, 0.2) is 0 Å². The van der Waals surface area contributed by atoms with Crippen molar-refractivity contribution in [1.82, 2.24) is 10.2 Å². The summed E-state index contributed by atoms with van der Waals surface area (Å²) in [5.41, 5.74) is 2.61. The van der Waals surface area contributed by atoms with Crippen molar-refractivity contribution in [3.05, 3.63) is 88.1 Å². The summed E-state index contributed by atoms with van der Waals surface area (Å²) in [5, 5.41) is 7.87. The lowest BCUT2D eigenvalue weighted by molar-refractivity contribution is 0.0908.